The average molecular weight is 211 g/mol. The minimum absolute atomic E-state index is 0.0885. The van der Waals surface area contributed by atoms with Crippen molar-refractivity contribution in [2.75, 3.05) is 13.2 Å². The van der Waals surface area contributed by atoms with Gasteiger partial charge in [0.15, 0.2) is 0 Å². The molecule has 2 fully saturated rings. The second kappa shape index (κ2) is 4.84. The standard InChI is InChI=1S/C13H25NO/c1-11-4-2-7-13(14,8-6-11)12-5-3-9-15-10-12/h11-12H,2-10,14H2,1H3. The van der Waals surface area contributed by atoms with Crippen molar-refractivity contribution in [1.29, 1.82) is 0 Å². The molecule has 1 aliphatic carbocycles. The number of nitrogens with two attached hydrogens (primary N) is 1. The largest absolute Gasteiger partial charge is 0.381 e. The molecule has 2 nitrogen and oxygen atoms in total. The predicted octanol–water partition coefficient (Wildman–Crippen LogP) is 2.71. The predicted molar refractivity (Wildman–Crippen MR) is 62.7 cm³/mol. The van der Waals surface area contributed by atoms with Gasteiger partial charge in [-0.3, -0.25) is 0 Å². The molecule has 2 heteroatoms. The van der Waals surface area contributed by atoms with Gasteiger partial charge in [-0.25, -0.2) is 0 Å². The van der Waals surface area contributed by atoms with Crippen molar-refractivity contribution >= 4 is 0 Å². The van der Waals surface area contributed by atoms with E-state index in [1.54, 1.807) is 0 Å². The maximum atomic E-state index is 6.62. The molecule has 2 rings (SSSR count). The van der Waals surface area contributed by atoms with Gasteiger partial charge in [-0.1, -0.05) is 19.8 Å². The Kier molecular flexibility index (Phi) is 3.68. The zero-order valence-corrected chi connectivity index (χ0v) is 10.0. The lowest BCUT2D eigenvalue weighted by Gasteiger charge is -2.39. The van der Waals surface area contributed by atoms with Gasteiger partial charge in [0.05, 0.1) is 6.61 Å². The van der Waals surface area contributed by atoms with Crippen LogP contribution in [0.4, 0.5) is 0 Å². The van der Waals surface area contributed by atoms with Gasteiger partial charge in [0.25, 0.3) is 0 Å². The van der Waals surface area contributed by atoms with Crippen LogP contribution in [0, 0.1) is 11.8 Å². The Bertz CT molecular complexity index is 201. The summed E-state index contributed by atoms with van der Waals surface area (Å²) in [6.07, 6.45) is 8.91. The summed E-state index contributed by atoms with van der Waals surface area (Å²) >= 11 is 0. The van der Waals surface area contributed by atoms with Gasteiger partial charge in [-0.15, -0.1) is 0 Å². The highest BCUT2D eigenvalue weighted by Gasteiger charge is 2.37. The van der Waals surface area contributed by atoms with Crippen LogP contribution >= 0.6 is 0 Å². The van der Waals surface area contributed by atoms with E-state index in [4.69, 9.17) is 10.5 Å². The summed E-state index contributed by atoms with van der Waals surface area (Å²) in [4.78, 5) is 0. The van der Waals surface area contributed by atoms with Crippen molar-refractivity contribution in [2.24, 2.45) is 17.6 Å². The SMILES string of the molecule is CC1CCCC(N)(C2CCCOC2)CC1. The number of hydrogen-bond donors (Lipinski definition) is 1. The molecule has 0 bridgehead atoms. The quantitative estimate of drug-likeness (QED) is 0.677. The van der Waals surface area contributed by atoms with Crippen LogP contribution in [0.1, 0.15) is 51.9 Å². The second-order valence-electron chi connectivity index (χ2n) is 5.68. The van der Waals surface area contributed by atoms with Crippen LogP contribution < -0.4 is 5.73 Å². The molecular formula is C13H25NO. The van der Waals surface area contributed by atoms with Crippen molar-refractivity contribution in [3.63, 3.8) is 0 Å². The van der Waals surface area contributed by atoms with Crippen LogP contribution in [-0.2, 0) is 4.74 Å². The second-order valence-corrected chi connectivity index (χ2v) is 5.68. The topological polar surface area (TPSA) is 35.2 Å². The first-order valence-corrected chi connectivity index (χ1v) is 6.57. The molecule has 0 aromatic heterocycles. The smallest absolute Gasteiger partial charge is 0.0511 e. The van der Waals surface area contributed by atoms with Gasteiger partial charge in [-0.05, 0) is 38.0 Å². The van der Waals surface area contributed by atoms with E-state index < -0.39 is 0 Å². The van der Waals surface area contributed by atoms with Crippen molar-refractivity contribution in [3.05, 3.63) is 0 Å². The molecular weight excluding hydrogens is 186 g/mol. The summed E-state index contributed by atoms with van der Waals surface area (Å²) in [5, 5.41) is 0. The minimum Gasteiger partial charge on any atom is -0.381 e. The van der Waals surface area contributed by atoms with Crippen LogP contribution in [0.2, 0.25) is 0 Å². The highest BCUT2D eigenvalue weighted by molar-refractivity contribution is 4.94. The molecule has 15 heavy (non-hydrogen) atoms. The monoisotopic (exact) mass is 211 g/mol. The third-order valence-corrected chi connectivity index (χ3v) is 4.42. The van der Waals surface area contributed by atoms with Crippen molar-refractivity contribution in [3.8, 4) is 0 Å². The van der Waals surface area contributed by atoms with Gasteiger partial charge in [0.2, 0.25) is 0 Å². The number of ether oxygens (including phenoxy) is 1. The molecule has 2 aliphatic rings. The molecule has 3 unspecified atom stereocenters. The lowest BCUT2D eigenvalue weighted by Crippen LogP contribution is -2.49. The molecule has 0 spiro atoms. The Morgan fingerprint density at radius 2 is 2.00 bits per heavy atom. The van der Waals surface area contributed by atoms with E-state index in [0.717, 1.165) is 19.1 Å². The van der Waals surface area contributed by atoms with E-state index in [1.807, 2.05) is 0 Å². The molecule has 0 aromatic rings. The molecule has 0 amide bonds. The van der Waals surface area contributed by atoms with E-state index in [1.165, 1.54) is 44.9 Å². The summed E-state index contributed by atoms with van der Waals surface area (Å²) < 4.78 is 5.59. The van der Waals surface area contributed by atoms with E-state index in [9.17, 15) is 0 Å². The molecule has 0 aromatic carbocycles. The van der Waals surface area contributed by atoms with Gasteiger partial charge >= 0.3 is 0 Å². The van der Waals surface area contributed by atoms with Gasteiger partial charge in [0, 0.05) is 18.1 Å². The molecule has 1 saturated heterocycles. The average Bonchev–Trinajstić information content (AvgIpc) is 2.44. The summed E-state index contributed by atoms with van der Waals surface area (Å²) in [6.45, 7) is 4.22. The Balaban J connectivity index is 1.97. The lowest BCUT2D eigenvalue weighted by atomic mass is 9.76. The van der Waals surface area contributed by atoms with Gasteiger partial charge in [0.1, 0.15) is 0 Å². The Morgan fingerprint density at radius 1 is 1.13 bits per heavy atom. The first-order valence-electron chi connectivity index (χ1n) is 6.57. The minimum atomic E-state index is 0.0885. The maximum absolute atomic E-state index is 6.62. The number of hydrogen-bond acceptors (Lipinski definition) is 2. The molecule has 1 aliphatic heterocycles. The molecule has 1 saturated carbocycles. The van der Waals surface area contributed by atoms with Crippen molar-refractivity contribution in [1.82, 2.24) is 0 Å². The van der Waals surface area contributed by atoms with Crippen LogP contribution in [0.5, 0.6) is 0 Å². The third kappa shape index (κ3) is 2.73. The third-order valence-electron chi connectivity index (χ3n) is 4.42. The van der Waals surface area contributed by atoms with Crippen LogP contribution in [0.3, 0.4) is 0 Å². The highest BCUT2D eigenvalue weighted by atomic mass is 16.5. The molecule has 2 N–H and O–H groups in total. The van der Waals surface area contributed by atoms with Crippen LogP contribution in [0.25, 0.3) is 0 Å². The van der Waals surface area contributed by atoms with E-state index in [-0.39, 0.29) is 5.54 Å². The fourth-order valence-corrected chi connectivity index (χ4v) is 3.17. The van der Waals surface area contributed by atoms with Gasteiger partial charge in [-0.2, -0.15) is 0 Å². The fraction of sp³-hybridized carbons (Fsp3) is 1.00. The zero-order valence-electron chi connectivity index (χ0n) is 10.0. The van der Waals surface area contributed by atoms with Crippen LogP contribution in [0.15, 0.2) is 0 Å². The first-order chi connectivity index (χ1) is 7.21. The Morgan fingerprint density at radius 3 is 2.73 bits per heavy atom. The maximum Gasteiger partial charge on any atom is 0.0511 e. The Labute approximate surface area is 93.6 Å². The van der Waals surface area contributed by atoms with E-state index >= 15 is 0 Å². The van der Waals surface area contributed by atoms with E-state index in [2.05, 4.69) is 6.92 Å². The number of rotatable bonds is 1. The first kappa shape index (κ1) is 11.4. The van der Waals surface area contributed by atoms with Crippen molar-refractivity contribution < 1.29 is 4.74 Å². The summed E-state index contributed by atoms with van der Waals surface area (Å²) in [5.74, 6) is 1.50. The normalized spacial score (nSPS) is 43.6. The highest BCUT2D eigenvalue weighted by Crippen LogP contribution is 2.36. The molecule has 1 heterocycles. The molecule has 0 radical (unpaired) electrons. The van der Waals surface area contributed by atoms with Gasteiger partial charge < -0.3 is 10.5 Å². The molecule has 88 valence electrons. The fourth-order valence-electron chi connectivity index (χ4n) is 3.17. The van der Waals surface area contributed by atoms with Crippen LogP contribution in [-0.4, -0.2) is 18.8 Å². The summed E-state index contributed by atoms with van der Waals surface area (Å²) in [5.41, 5.74) is 6.70. The van der Waals surface area contributed by atoms with E-state index in [0.29, 0.717) is 5.92 Å². The zero-order chi connectivity index (χ0) is 10.7. The van der Waals surface area contributed by atoms with Crippen molar-refractivity contribution in [2.45, 2.75) is 57.4 Å². The summed E-state index contributed by atoms with van der Waals surface area (Å²) in [6, 6.07) is 0. The lowest BCUT2D eigenvalue weighted by molar-refractivity contribution is 0.0166. The Hall–Kier alpha value is -0.0800. The molecule has 3 atom stereocenters. The summed E-state index contributed by atoms with van der Waals surface area (Å²) in [7, 11) is 0.